The van der Waals surface area contributed by atoms with E-state index in [1.54, 1.807) is 6.08 Å². The van der Waals surface area contributed by atoms with Gasteiger partial charge >= 0.3 is 5.97 Å². The van der Waals surface area contributed by atoms with Crippen LogP contribution in [-0.4, -0.2) is 11.1 Å². The Kier molecular flexibility index (Phi) is 4.95. The lowest BCUT2D eigenvalue weighted by atomic mass is 9.94. The summed E-state index contributed by atoms with van der Waals surface area (Å²) in [5.41, 5.74) is 2.35. The third-order valence-corrected chi connectivity index (χ3v) is 2.93. The summed E-state index contributed by atoms with van der Waals surface area (Å²) >= 11 is 0. The van der Waals surface area contributed by atoms with Crippen molar-refractivity contribution in [1.29, 1.82) is 0 Å². The third kappa shape index (κ3) is 4.06. The molecule has 1 aromatic rings. The third-order valence-electron chi connectivity index (χ3n) is 2.93. The first-order valence-corrected chi connectivity index (χ1v) is 5.97. The summed E-state index contributed by atoms with van der Waals surface area (Å²) in [5, 5.41) is 9.06. The normalized spacial score (nSPS) is 12.4. The standard InChI is InChI=1S/C15H20O2/c1-4-5-14(15(16)17)10-12-6-8-13(9-7-12)11(2)3/h4,6-9,11,14H,1,5,10H2,2-3H3,(H,16,17)/t14-/m0/s1. The minimum atomic E-state index is -0.752. The van der Waals surface area contributed by atoms with Crippen molar-refractivity contribution in [2.45, 2.75) is 32.6 Å². The van der Waals surface area contributed by atoms with E-state index in [-0.39, 0.29) is 5.92 Å². The summed E-state index contributed by atoms with van der Waals surface area (Å²) in [5.74, 6) is -0.609. The van der Waals surface area contributed by atoms with Crippen molar-refractivity contribution >= 4 is 5.97 Å². The van der Waals surface area contributed by atoms with Crippen LogP contribution in [0.5, 0.6) is 0 Å². The summed E-state index contributed by atoms with van der Waals surface area (Å²) in [6, 6.07) is 8.20. The van der Waals surface area contributed by atoms with Crippen LogP contribution in [0.1, 0.15) is 37.3 Å². The topological polar surface area (TPSA) is 37.3 Å². The van der Waals surface area contributed by atoms with Crippen LogP contribution in [-0.2, 0) is 11.2 Å². The fraction of sp³-hybridized carbons (Fsp3) is 0.400. The lowest BCUT2D eigenvalue weighted by Crippen LogP contribution is -2.15. The number of hydrogen-bond donors (Lipinski definition) is 1. The van der Waals surface area contributed by atoms with Crippen molar-refractivity contribution in [1.82, 2.24) is 0 Å². The van der Waals surface area contributed by atoms with E-state index in [1.807, 2.05) is 12.1 Å². The maximum atomic E-state index is 11.0. The van der Waals surface area contributed by atoms with Gasteiger partial charge in [0.2, 0.25) is 0 Å². The smallest absolute Gasteiger partial charge is 0.307 e. The van der Waals surface area contributed by atoms with Gasteiger partial charge in [-0.05, 0) is 29.9 Å². The molecule has 0 heterocycles. The number of carboxylic acid groups (broad SMARTS) is 1. The summed E-state index contributed by atoms with van der Waals surface area (Å²) < 4.78 is 0. The molecule has 1 atom stereocenters. The van der Waals surface area contributed by atoms with E-state index < -0.39 is 5.97 Å². The number of carbonyl (C=O) groups is 1. The van der Waals surface area contributed by atoms with Gasteiger partial charge in [0.1, 0.15) is 0 Å². The van der Waals surface area contributed by atoms with Crippen LogP contribution in [0.3, 0.4) is 0 Å². The molecule has 0 bridgehead atoms. The van der Waals surface area contributed by atoms with Gasteiger partial charge < -0.3 is 5.11 Å². The first-order valence-electron chi connectivity index (χ1n) is 5.97. The second-order valence-electron chi connectivity index (χ2n) is 4.66. The largest absolute Gasteiger partial charge is 0.481 e. The summed E-state index contributed by atoms with van der Waals surface area (Å²) in [6.07, 6.45) is 2.75. The molecule has 1 rings (SSSR count). The molecule has 0 amide bonds. The van der Waals surface area contributed by atoms with Gasteiger partial charge in [0.25, 0.3) is 0 Å². The lowest BCUT2D eigenvalue weighted by Gasteiger charge is -2.11. The number of benzene rings is 1. The molecule has 17 heavy (non-hydrogen) atoms. The Bertz CT molecular complexity index is 376. The van der Waals surface area contributed by atoms with Gasteiger partial charge in [0, 0.05) is 0 Å². The molecule has 0 aliphatic rings. The number of hydrogen-bond acceptors (Lipinski definition) is 1. The van der Waals surface area contributed by atoms with Gasteiger partial charge in [0.15, 0.2) is 0 Å². The quantitative estimate of drug-likeness (QED) is 0.760. The maximum Gasteiger partial charge on any atom is 0.307 e. The summed E-state index contributed by atoms with van der Waals surface area (Å²) in [4.78, 5) is 11.0. The Morgan fingerprint density at radius 3 is 2.35 bits per heavy atom. The highest BCUT2D eigenvalue weighted by molar-refractivity contribution is 5.70. The van der Waals surface area contributed by atoms with E-state index in [2.05, 4.69) is 32.6 Å². The van der Waals surface area contributed by atoms with Crippen molar-refractivity contribution in [2.24, 2.45) is 5.92 Å². The zero-order valence-electron chi connectivity index (χ0n) is 10.5. The molecule has 0 aliphatic carbocycles. The van der Waals surface area contributed by atoms with Crippen LogP contribution in [0.4, 0.5) is 0 Å². The number of aliphatic carboxylic acids is 1. The van der Waals surface area contributed by atoms with Gasteiger partial charge in [-0.3, -0.25) is 4.79 Å². The number of allylic oxidation sites excluding steroid dienone is 1. The van der Waals surface area contributed by atoms with E-state index in [1.165, 1.54) is 5.56 Å². The predicted molar refractivity (Wildman–Crippen MR) is 70.2 cm³/mol. The Labute approximate surface area is 103 Å². The fourth-order valence-corrected chi connectivity index (χ4v) is 1.80. The monoisotopic (exact) mass is 232 g/mol. The van der Waals surface area contributed by atoms with Crippen LogP contribution in [0.25, 0.3) is 0 Å². The van der Waals surface area contributed by atoms with Crippen molar-refractivity contribution in [2.75, 3.05) is 0 Å². The minimum absolute atomic E-state index is 0.364. The van der Waals surface area contributed by atoms with Crippen molar-refractivity contribution in [3.8, 4) is 0 Å². The zero-order chi connectivity index (χ0) is 12.8. The molecule has 0 radical (unpaired) electrons. The molecule has 1 aromatic carbocycles. The molecule has 0 aliphatic heterocycles. The van der Waals surface area contributed by atoms with E-state index in [4.69, 9.17) is 5.11 Å². The molecular formula is C15H20O2. The first kappa shape index (κ1) is 13.5. The van der Waals surface area contributed by atoms with Gasteiger partial charge in [-0.1, -0.05) is 44.2 Å². The second-order valence-corrected chi connectivity index (χ2v) is 4.66. The van der Waals surface area contributed by atoms with Crippen molar-refractivity contribution < 1.29 is 9.90 Å². The first-order chi connectivity index (χ1) is 8.04. The average Bonchev–Trinajstić information content (AvgIpc) is 2.29. The molecular weight excluding hydrogens is 212 g/mol. The molecule has 0 saturated heterocycles. The van der Waals surface area contributed by atoms with E-state index in [0.29, 0.717) is 18.8 Å². The molecule has 2 heteroatoms. The molecule has 92 valence electrons. The minimum Gasteiger partial charge on any atom is -0.481 e. The molecule has 0 aromatic heterocycles. The van der Waals surface area contributed by atoms with Crippen molar-refractivity contribution in [3.63, 3.8) is 0 Å². The SMILES string of the molecule is C=CC[C@@H](Cc1ccc(C(C)C)cc1)C(=O)O. The van der Waals surface area contributed by atoms with Crippen molar-refractivity contribution in [3.05, 3.63) is 48.0 Å². The highest BCUT2D eigenvalue weighted by atomic mass is 16.4. The predicted octanol–water partition coefficient (Wildman–Crippen LogP) is 3.63. The molecule has 0 fully saturated rings. The van der Waals surface area contributed by atoms with Crippen LogP contribution in [0.15, 0.2) is 36.9 Å². The number of rotatable bonds is 6. The van der Waals surface area contributed by atoms with Gasteiger partial charge in [-0.25, -0.2) is 0 Å². The second kappa shape index (κ2) is 6.24. The Morgan fingerprint density at radius 2 is 1.94 bits per heavy atom. The van der Waals surface area contributed by atoms with Crippen LogP contribution >= 0.6 is 0 Å². The summed E-state index contributed by atoms with van der Waals surface area (Å²) in [7, 11) is 0. The zero-order valence-corrected chi connectivity index (χ0v) is 10.5. The van der Waals surface area contributed by atoms with Gasteiger partial charge in [0.05, 0.1) is 5.92 Å². The Hall–Kier alpha value is -1.57. The fourth-order valence-electron chi connectivity index (χ4n) is 1.80. The number of carboxylic acids is 1. The average molecular weight is 232 g/mol. The van der Waals surface area contributed by atoms with Gasteiger partial charge in [-0.15, -0.1) is 6.58 Å². The van der Waals surface area contributed by atoms with E-state index in [9.17, 15) is 4.79 Å². The molecule has 2 nitrogen and oxygen atoms in total. The highest BCUT2D eigenvalue weighted by Gasteiger charge is 2.16. The van der Waals surface area contributed by atoms with E-state index >= 15 is 0 Å². The van der Waals surface area contributed by atoms with E-state index in [0.717, 1.165) is 5.56 Å². The Morgan fingerprint density at radius 1 is 1.35 bits per heavy atom. The van der Waals surface area contributed by atoms with Crippen LogP contribution < -0.4 is 0 Å². The Balaban J connectivity index is 2.73. The molecule has 1 N–H and O–H groups in total. The molecule has 0 spiro atoms. The molecule has 0 saturated carbocycles. The highest BCUT2D eigenvalue weighted by Crippen LogP contribution is 2.18. The van der Waals surface area contributed by atoms with Gasteiger partial charge in [-0.2, -0.15) is 0 Å². The van der Waals surface area contributed by atoms with Crippen LogP contribution in [0, 0.1) is 5.92 Å². The molecule has 0 unspecified atom stereocenters. The summed E-state index contributed by atoms with van der Waals surface area (Å²) in [6.45, 7) is 7.89. The maximum absolute atomic E-state index is 11.0. The van der Waals surface area contributed by atoms with Crippen LogP contribution in [0.2, 0.25) is 0 Å². The lowest BCUT2D eigenvalue weighted by molar-refractivity contribution is -0.141.